The Bertz CT molecular complexity index is 2050. The van der Waals surface area contributed by atoms with E-state index in [2.05, 4.69) is 62.9 Å². The molecule has 3 unspecified atom stereocenters. The van der Waals surface area contributed by atoms with Crippen LogP contribution < -0.4 is 86.3 Å². The summed E-state index contributed by atoms with van der Waals surface area (Å²) in [4.78, 5) is 126. The van der Waals surface area contributed by atoms with Gasteiger partial charge in [0.25, 0.3) is 0 Å². The molecule has 15 N–H and O–H groups in total. The highest BCUT2D eigenvalue weighted by Crippen LogP contribution is 2.22. The van der Waals surface area contributed by atoms with Crippen LogP contribution in [0.15, 0.2) is 0 Å². The van der Waals surface area contributed by atoms with Crippen LogP contribution in [0.5, 0.6) is 0 Å². The number of halogens is 3. The van der Waals surface area contributed by atoms with Crippen molar-refractivity contribution < 1.29 is 117 Å². The van der Waals surface area contributed by atoms with Gasteiger partial charge in [0.05, 0.1) is 75.7 Å². The quantitative estimate of drug-likeness (QED) is 0.0258. The van der Waals surface area contributed by atoms with Gasteiger partial charge in [-0.25, -0.2) is 0 Å². The summed E-state index contributed by atoms with van der Waals surface area (Å²) in [7, 11) is 8.49. The van der Waals surface area contributed by atoms with Crippen molar-refractivity contribution >= 4 is 93.6 Å². The standard InChI is InChI=1S/C26H49N3O5S.C22H43N3O4S.C19H37N3O4S.3ClH/c1-7-19(4)25(32)29-23(16-18(2)3)24(31)17-21(11-14-35-15-13-34-6)26(33)28-22(20(5)30)10-8-9-12-27;1-16(2)14-20(24-4)21(27)15-18(9-12-30-13-11-29-5)22(28)25-19(17(3)26)8-6-7-10-23;1-14(21-3)18(24)13-16(8-11-27-12-10-26-4)19(25)22-17(15(2)23)7-5-6-9-20;;;/h18-19,21-23H,7-17,27H2,1-6H3,(H,28,33)(H,29,32);16,18-20,24H,6-15,23H2,1-5H3,(H,25,28);14,16-17,21H,5-13,20H2,1-4H3,(H,22,25);3*1H/t19-,21?,22+,23+;18?,19-,20-;14-,16?,17-;;;/m100.../s1. The molecule has 4 amide bonds. The Balaban J connectivity index is -0.000000310. The molecule has 0 aromatic heterocycles. The number of likely N-dealkylation sites (N-methyl/N-ethyl adjacent to an activating group) is 2. The van der Waals surface area contributed by atoms with Crippen LogP contribution in [-0.4, -0.2) is 204 Å². The summed E-state index contributed by atoms with van der Waals surface area (Å²) in [6, 6.07) is -2.68. The number of carbonyl (C=O) groups is 10. The summed E-state index contributed by atoms with van der Waals surface area (Å²) in [6.45, 7) is 22.6. The van der Waals surface area contributed by atoms with Crippen molar-refractivity contribution in [2.45, 2.75) is 221 Å². The van der Waals surface area contributed by atoms with Gasteiger partial charge in [-0.15, -0.1) is 0 Å². The molecule has 0 heterocycles. The van der Waals surface area contributed by atoms with Crippen LogP contribution in [0.2, 0.25) is 0 Å². The predicted molar refractivity (Wildman–Crippen MR) is 375 cm³/mol. The van der Waals surface area contributed by atoms with Gasteiger partial charge in [-0.2, -0.15) is 35.3 Å². The maximum Gasteiger partial charge on any atom is 0.224 e. The van der Waals surface area contributed by atoms with Crippen LogP contribution in [0.4, 0.5) is 0 Å². The number of ketones is 6. The number of quaternary nitrogens is 3. The molecule has 0 fully saturated rings. The summed E-state index contributed by atoms with van der Waals surface area (Å²) in [5.74, 6) is 2.77. The van der Waals surface area contributed by atoms with E-state index in [9.17, 15) is 47.9 Å². The van der Waals surface area contributed by atoms with Gasteiger partial charge < -0.3 is 101 Å². The number of thioether (sulfide) groups is 3. The minimum atomic E-state index is -0.617. The molecule has 562 valence electrons. The van der Waals surface area contributed by atoms with Crippen molar-refractivity contribution in [3.05, 3.63) is 0 Å². The van der Waals surface area contributed by atoms with E-state index in [1.165, 1.54) is 20.8 Å². The topological polar surface area (TPSA) is 353 Å². The van der Waals surface area contributed by atoms with Crippen molar-refractivity contribution in [2.24, 2.45) is 35.5 Å². The second-order valence-electron chi connectivity index (χ2n) is 24.8. The molecule has 22 nitrogen and oxygen atoms in total. The van der Waals surface area contributed by atoms with Gasteiger partial charge in [0.15, 0.2) is 28.9 Å². The maximum absolute atomic E-state index is 13.3. The molecule has 0 aliphatic rings. The minimum absolute atomic E-state index is 0. The molecular weight excluding hydrogens is 1340 g/mol. The molecule has 0 aliphatic heterocycles. The van der Waals surface area contributed by atoms with E-state index in [0.717, 1.165) is 93.3 Å². The lowest BCUT2D eigenvalue weighted by Crippen LogP contribution is -3.00. The number of unbranched alkanes of at least 4 members (excludes halogenated alkanes) is 3. The van der Waals surface area contributed by atoms with Crippen LogP contribution in [0.3, 0.4) is 0 Å². The number of ether oxygens (including phenoxy) is 3. The van der Waals surface area contributed by atoms with E-state index in [1.54, 1.807) is 77.6 Å². The molecule has 0 saturated heterocycles. The Labute approximate surface area is 604 Å². The van der Waals surface area contributed by atoms with Crippen molar-refractivity contribution in [3.8, 4) is 0 Å². The molecule has 0 radical (unpaired) electrons. The number of hydrogen-bond acceptors (Lipinski definition) is 18. The fourth-order valence-corrected chi connectivity index (χ4v) is 12.3. The highest BCUT2D eigenvalue weighted by Gasteiger charge is 2.32. The van der Waals surface area contributed by atoms with Crippen molar-refractivity contribution in [3.63, 3.8) is 0 Å². The summed E-state index contributed by atoms with van der Waals surface area (Å²) in [6.07, 6.45) is 11.2. The molecule has 95 heavy (non-hydrogen) atoms. The predicted octanol–water partition coefficient (Wildman–Crippen LogP) is -4.72. The number of methoxy groups -OCH3 is 3. The number of amides is 4. The first-order chi connectivity index (χ1) is 43.7. The number of hydrogen-bond donors (Lipinski definition) is 9. The number of nitrogens with one attached hydrogen (secondary N) is 6. The van der Waals surface area contributed by atoms with E-state index in [4.69, 9.17) is 14.2 Å². The first-order valence-corrected chi connectivity index (χ1v) is 37.4. The smallest absolute Gasteiger partial charge is 0.224 e. The molecule has 0 aromatic rings. The van der Waals surface area contributed by atoms with Crippen LogP contribution in [-0.2, 0) is 62.2 Å². The second-order valence-corrected chi connectivity index (χ2v) is 28.5. The van der Waals surface area contributed by atoms with Crippen molar-refractivity contribution in [1.29, 1.82) is 0 Å². The molecule has 0 saturated carbocycles. The third-order valence-electron chi connectivity index (χ3n) is 15.8. The van der Waals surface area contributed by atoms with Gasteiger partial charge in [-0.1, -0.05) is 41.5 Å². The fraction of sp³-hybridized carbons (Fsp3) is 0.851. The molecule has 0 aromatic carbocycles. The van der Waals surface area contributed by atoms with Gasteiger partial charge >= 0.3 is 0 Å². The Morgan fingerprint density at radius 1 is 0.389 bits per heavy atom. The summed E-state index contributed by atoms with van der Waals surface area (Å²) in [5, 5.41) is 17.6. The van der Waals surface area contributed by atoms with Gasteiger partial charge in [-0.3, -0.25) is 47.9 Å². The molecule has 0 rings (SSSR count). The van der Waals surface area contributed by atoms with Crippen LogP contribution in [0, 0.1) is 35.5 Å². The molecule has 0 bridgehead atoms. The summed E-state index contributed by atoms with van der Waals surface area (Å²) < 4.78 is 15.2. The van der Waals surface area contributed by atoms with E-state index in [0.29, 0.717) is 82.9 Å². The maximum atomic E-state index is 13.3. The first kappa shape index (κ1) is 104. The third kappa shape index (κ3) is 54.9. The highest BCUT2D eigenvalue weighted by atomic mass is 35.5. The van der Waals surface area contributed by atoms with Crippen molar-refractivity contribution in [2.75, 3.05) is 109 Å². The van der Waals surface area contributed by atoms with Crippen LogP contribution in [0.25, 0.3) is 0 Å². The van der Waals surface area contributed by atoms with E-state index in [-0.39, 0.29) is 139 Å². The van der Waals surface area contributed by atoms with E-state index >= 15 is 0 Å². The number of Topliss-reactive ketones (excluding diaryl/α,β-unsaturated/α-hetero) is 6. The Morgan fingerprint density at radius 2 is 0.684 bits per heavy atom. The SMILES string of the molecule is CC[C@@H](C)C(=O)N[C@@H](CC(C)C)C(=O)CC(CCSCCOC)C(=O)N[C@@H](CCCC[NH3+])C(C)=O.CN[C@@H](C)C(=O)CC(CCSCCOC)C(=O)N[C@@H](CCCC[NH3+])C(C)=O.CN[C@@H](CC(C)C)C(=O)CC(CCSCCOC)C(=O)N[C@@H](CCCC[NH3+])C(C)=O.[Cl-].[Cl-].[Cl-]. The highest BCUT2D eigenvalue weighted by molar-refractivity contribution is 7.99. The zero-order valence-electron chi connectivity index (χ0n) is 60.9. The normalized spacial score (nSPS) is 14.1. The molecule has 0 aliphatic carbocycles. The molecule has 0 spiro atoms. The van der Waals surface area contributed by atoms with Crippen LogP contribution >= 0.6 is 35.3 Å². The zero-order chi connectivity index (χ0) is 70.4. The van der Waals surface area contributed by atoms with Crippen LogP contribution in [0.1, 0.15) is 185 Å². The number of carbonyl (C=O) groups excluding carboxylic acids is 10. The minimum Gasteiger partial charge on any atom is -1.00 e. The lowest BCUT2D eigenvalue weighted by Gasteiger charge is -2.25. The van der Waals surface area contributed by atoms with E-state index < -0.39 is 41.9 Å². The monoisotopic (exact) mass is 1470 g/mol. The van der Waals surface area contributed by atoms with Gasteiger partial charge in [0.2, 0.25) is 23.6 Å². The summed E-state index contributed by atoms with van der Waals surface area (Å²) >= 11 is 5.08. The fourth-order valence-electron chi connectivity index (χ4n) is 9.44. The van der Waals surface area contributed by atoms with E-state index in [1.807, 2.05) is 27.7 Å². The summed E-state index contributed by atoms with van der Waals surface area (Å²) in [5.41, 5.74) is 11.5. The lowest BCUT2D eigenvalue weighted by atomic mass is 9.90. The molecule has 28 heteroatoms. The average Bonchev–Trinajstić information content (AvgIpc) is 0.997. The largest absolute Gasteiger partial charge is 1.00 e. The average molecular weight is 1470 g/mol. The Kier molecular flexibility index (Phi) is 73.4. The van der Waals surface area contributed by atoms with Crippen molar-refractivity contribution in [1.82, 2.24) is 31.9 Å². The first-order valence-electron chi connectivity index (χ1n) is 33.9. The van der Waals surface area contributed by atoms with Gasteiger partial charge in [0.1, 0.15) is 5.78 Å². The zero-order valence-corrected chi connectivity index (χ0v) is 65.6. The number of rotatable bonds is 57. The Hall–Kier alpha value is -2.50. The molecule has 10 atom stereocenters. The lowest BCUT2D eigenvalue weighted by molar-refractivity contribution is -0.368. The second kappa shape index (κ2) is 67.3. The Morgan fingerprint density at radius 3 is 0.947 bits per heavy atom. The molecular formula is C67H132Cl3N9O13S3. The third-order valence-corrected chi connectivity index (χ3v) is 18.8. The van der Waals surface area contributed by atoms with Gasteiger partial charge in [-0.05, 0) is 167 Å². The van der Waals surface area contributed by atoms with Gasteiger partial charge in [0, 0.05) is 81.5 Å².